The van der Waals surface area contributed by atoms with Crippen molar-refractivity contribution in [1.82, 2.24) is 14.4 Å². The summed E-state index contributed by atoms with van der Waals surface area (Å²) in [7, 11) is 0. The van der Waals surface area contributed by atoms with E-state index >= 15 is 0 Å². The molecule has 5 nitrogen and oxygen atoms in total. The van der Waals surface area contributed by atoms with Gasteiger partial charge in [-0.2, -0.15) is 0 Å². The van der Waals surface area contributed by atoms with Gasteiger partial charge in [0.1, 0.15) is 5.82 Å². The van der Waals surface area contributed by atoms with Gasteiger partial charge in [0.2, 0.25) is 5.82 Å². The minimum atomic E-state index is -0.472. The van der Waals surface area contributed by atoms with Crippen LogP contribution in [0.5, 0.6) is 0 Å². The van der Waals surface area contributed by atoms with Crippen LogP contribution in [-0.2, 0) is 4.74 Å². The summed E-state index contributed by atoms with van der Waals surface area (Å²) in [6.45, 7) is 3.76. The van der Waals surface area contributed by atoms with Crippen LogP contribution in [-0.4, -0.2) is 26.9 Å². The topological polar surface area (TPSA) is 56.5 Å². The molecule has 0 unspecified atom stereocenters. The molecule has 140 valence electrons. The lowest BCUT2D eigenvalue weighted by atomic mass is 9.99. The Labute approximate surface area is 161 Å². The molecule has 4 rings (SSSR count). The SMILES string of the molecule is CCOC(=O)c1ncc2ccc(-c3cccnc3-c3ccc(F)c(C)c3)cn12. The van der Waals surface area contributed by atoms with Gasteiger partial charge in [0, 0.05) is 29.1 Å². The lowest BCUT2D eigenvalue weighted by Gasteiger charge is -2.11. The zero-order valence-corrected chi connectivity index (χ0v) is 15.5. The molecule has 28 heavy (non-hydrogen) atoms. The number of hydrogen-bond donors (Lipinski definition) is 0. The number of carbonyl (C=O) groups is 1. The van der Waals surface area contributed by atoms with Crippen LogP contribution in [0.25, 0.3) is 27.9 Å². The van der Waals surface area contributed by atoms with Gasteiger partial charge in [-0.1, -0.05) is 12.1 Å². The van der Waals surface area contributed by atoms with E-state index in [1.165, 1.54) is 6.07 Å². The summed E-state index contributed by atoms with van der Waals surface area (Å²) in [5.41, 5.74) is 4.65. The molecule has 0 saturated carbocycles. The normalized spacial score (nSPS) is 11.0. The predicted molar refractivity (Wildman–Crippen MR) is 105 cm³/mol. The maximum absolute atomic E-state index is 13.7. The Hall–Kier alpha value is -3.54. The Morgan fingerprint density at radius 2 is 1.96 bits per heavy atom. The summed E-state index contributed by atoms with van der Waals surface area (Å²) in [5, 5.41) is 0. The summed E-state index contributed by atoms with van der Waals surface area (Å²) >= 11 is 0. The number of pyridine rings is 2. The molecular weight excluding hydrogens is 357 g/mol. The van der Waals surface area contributed by atoms with E-state index in [1.807, 2.05) is 30.5 Å². The number of aryl methyl sites for hydroxylation is 1. The van der Waals surface area contributed by atoms with Crippen molar-refractivity contribution in [3.8, 4) is 22.4 Å². The summed E-state index contributed by atoms with van der Waals surface area (Å²) in [5.74, 6) is -0.498. The second-order valence-corrected chi connectivity index (χ2v) is 6.38. The van der Waals surface area contributed by atoms with Crippen molar-refractivity contribution >= 4 is 11.5 Å². The molecule has 0 saturated heterocycles. The van der Waals surface area contributed by atoms with E-state index in [0.29, 0.717) is 5.56 Å². The summed E-state index contributed by atoms with van der Waals surface area (Å²) in [6.07, 6.45) is 5.17. The fraction of sp³-hybridized carbons (Fsp3) is 0.136. The van der Waals surface area contributed by atoms with Gasteiger partial charge >= 0.3 is 5.97 Å². The Kier molecular flexibility index (Phi) is 4.61. The molecule has 3 aromatic heterocycles. The molecule has 0 fully saturated rings. The monoisotopic (exact) mass is 375 g/mol. The second kappa shape index (κ2) is 7.23. The third kappa shape index (κ3) is 3.13. The lowest BCUT2D eigenvalue weighted by Crippen LogP contribution is -2.09. The molecule has 0 aliphatic carbocycles. The van der Waals surface area contributed by atoms with Crippen molar-refractivity contribution in [3.05, 3.63) is 78.3 Å². The first-order chi connectivity index (χ1) is 13.6. The van der Waals surface area contributed by atoms with E-state index in [2.05, 4.69) is 9.97 Å². The molecule has 0 radical (unpaired) electrons. The van der Waals surface area contributed by atoms with Crippen molar-refractivity contribution in [2.75, 3.05) is 6.61 Å². The summed E-state index contributed by atoms with van der Waals surface area (Å²) < 4.78 is 20.5. The number of carbonyl (C=O) groups excluding carboxylic acids is 1. The highest BCUT2D eigenvalue weighted by Crippen LogP contribution is 2.31. The highest BCUT2D eigenvalue weighted by Gasteiger charge is 2.16. The van der Waals surface area contributed by atoms with E-state index < -0.39 is 5.97 Å². The molecule has 0 amide bonds. The van der Waals surface area contributed by atoms with Gasteiger partial charge in [0.05, 0.1) is 24.0 Å². The van der Waals surface area contributed by atoms with Gasteiger partial charge < -0.3 is 4.74 Å². The van der Waals surface area contributed by atoms with Gasteiger partial charge in [-0.15, -0.1) is 0 Å². The number of imidazole rings is 1. The molecule has 0 atom stereocenters. The third-order valence-electron chi connectivity index (χ3n) is 4.54. The van der Waals surface area contributed by atoms with Crippen molar-refractivity contribution < 1.29 is 13.9 Å². The number of nitrogens with zero attached hydrogens (tertiary/aromatic N) is 3. The van der Waals surface area contributed by atoms with E-state index in [0.717, 1.165) is 27.9 Å². The fourth-order valence-corrected chi connectivity index (χ4v) is 3.16. The number of benzene rings is 1. The Bertz CT molecular complexity index is 1180. The fourth-order valence-electron chi connectivity index (χ4n) is 3.16. The number of aromatic nitrogens is 3. The van der Waals surface area contributed by atoms with Crippen LogP contribution < -0.4 is 0 Å². The zero-order valence-electron chi connectivity index (χ0n) is 15.5. The van der Waals surface area contributed by atoms with Crippen LogP contribution in [0.3, 0.4) is 0 Å². The molecule has 0 bridgehead atoms. The molecule has 0 spiro atoms. The Morgan fingerprint density at radius 3 is 2.75 bits per heavy atom. The van der Waals surface area contributed by atoms with Crippen LogP contribution in [0.4, 0.5) is 4.39 Å². The van der Waals surface area contributed by atoms with E-state index in [9.17, 15) is 9.18 Å². The average molecular weight is 375 g/mol. The van der Waals surface area contributed by atoms with Gasteiger partial charge in [0.25, 0.3) is 0 Å². The van der Waals surface area contributed by atoms with Crippen LogP contribution >= 0.6 is 0 Å². The van der Waals surface area contributed by atoms with Crippen LogP contribution in [0.1, 0.15) is 23.1 Å². The predicted octanol–water partition coefficient (Wildman–Crippen LogP) is 4.69. The van der Waals surface area contributed by atoms with Gasteiger partial charge in [-0.05, 0) is 49.7 Å². The number of hydrogen-bond acceptors (Lipinski definition) is 4. The average Bonchev–Trinajstić information content (AvgIpc) is 3.13. The van der Waals surface area contributed by atoms with Gasteiger partial charge in [-0.25, -0.2) is 14.2 Å². The first-order valence-corrected chi connectivity index (χ1v) is 8.94. The smallest absolute Gasteiger partial charge is 0.374 e. The highest BCUT2D eigenvalue weighted by molar-refractivity contribution is 5.87. The summed E-state index contributed by atoms with van der Waals surface area (Å²) in [4.78, 5) is 20.9. The van der Waals surface area contributed by atoms with Crippen molar-refractivity contribution in [2.24, 2.45) is 0 Å². The number of halogens is 1. The summed E-state index contributed by atoms with van der Waals surface area (Å²) in [6, 6.07) is 12.6. The molecular formula is C22H18FN3O2. The Morgan fingerprint density at radius 1 is 1.14 bits per heavy atom. The van der Waals surface area contributed by atoms with E-state index in [4.69, 9.17) is 4.74 Å². The highest BCUT2D eigenvalue weighted by atomic mass is 19.1. The number of rotatable bonds is 4. The van der Waals surface area contributed by atoms with E-state index in [1.54, 1.807) is 42.8 Å². The van der Waals surface area contributed by atoms with Crippen LogP contribution in [0, 0.1) is 12.7 Å². The van der Waals surface area contributed by atoms with Crippen LogP contribution in [0.2, 0.25) is 0 Å². The second-order valence-electron chi connectivity index (χ2n) is 6.38. The minimum absolute atomic E-state index is 0.224. The number of ether oxygens (including phenoxy) is 1. The Balaban J connectivity index is 1.86. The van der Waals surface area contributed by atoms with Crippen LogP contribution in [0.15, 0.2) is 61.1 Å². The lowest BCUT2D eigenvalue weighted by molar-refractivity contribution is 0.0511. The van der Waals surface area contributed by atoms with Crippen molar-refractivity contribution in [3.63, 3.8) is 0 Å². The van der Waals surface area contributed by atoms with Crippen molar-refractivity contribution in [2.45, 2.75) is 13.8 Å². The molecule has 6 heteroatoms. The number of esters is 1. The maximum Gasteiger partial charge on any atom is 0.374 e. The maximum atomic E-state index is 13.7. The van der Waals surface area contributed by atoms with Gasteiger partial charge in [-0.3, -0.25) is 9.38 Å². The number of fused-ring (bicyclic) bond motifs is 1. The van der Waals surface area contributed by atoms with Crippen molar-refractivity contribution in [1.29, 1.82) is 0 Å². The first kappa shape index (κ1) is 17.9. The zero-order chi connectivity index (χ0) is 19.7. The third-order valence-corrected chi connectivity index (χ3v) is 4.54. The largest absolute Gasteiger partial charge is 0.460 e. The molecule has 3 heterocycles. The van der Waals surface area contributed by atoms with Gasteiger partial charge in [0.15, 0.2) is 0 Å². The standard InChI is InChI=1S/C22H18FN3O2/c1-3-28-22(27)21-25-12-17-8-6-16(13-26(17)21)18-5-4-10-24-20(18)15-7-9-19(23)14(2)11-15/h4-13H,3H2,1-2H3. The molecule has 1 aromatic carbocycles. The molecule has 0 aliphatic heterocycles. The van der Waals surface area contributed by atoms with E-state index in [-0.39, 0.29) is 18.2 Å². The molecule has 0 N–H and O–H groups in total. The minimum Gasteiger partial charge on any atom is -0.460 e. The first-order valence-electron chi connectivity index (χ1n) is 8.94. The molecule has 4 aromatic rings. The molecule has 0 aliphatic rings. The quantitative estimate of drug-likeness (QED) is 0.486.